The third-order valence-corrected chi connectivity index (χ3v) is 4.26. The average Bonchev–Trinajstić information content (AvgIpc) is 2.14. The van der Waals surface area contributed by atoms with E-state index in [1.165, 1.54) is 0 Å². The first-order chi connectivity index (χ1) is 7.02. The lowest BCUT2D eigenvalue weighted by molar-refractivity contribution is 0.668. The van der Waals surface area contributed by atoms with Crippen molar-refractivity contribution in [1.29, 1.82) is 0 Å². The molecule has 0 aliphatic carbocycles. The molecule has 1 aromatic rings. The minimum Gasteiger partial charge on any atom is -0.328 e. The molecule has 2 atom stereocenters. The van der Waals surface area contributed by atoms with Crippen LogP contribution < -0.4 is 5.73 Å². The van der Waals surface area contributed by atoms with E-state index in [1.807, 2.05) is 6.92 Å². The highest BCUT2D eigenvalue weighted by molar-refractivity contribution is 7.85. The maximum absolute atomic E-state index is 11.9. The van der Waals surface area contributed by atoms with Gasteiger partial charge in [0.1, 0.15) is 0 Å². The molecule has 2 unspecified atom stereocenters. The SMILES string of the molecule is CC(N)CCS(=O)c1c(Cl)cccc1Cl. The molecule has 0 spiro atoms. The number of hydrogen-bond acceptors (Lipinski definition) is 2. The third-order valence-electron chi connectivity index (χ3n) is 1.91. The van der Waals surface area contributed by atoms with Crippen molar-refractivity contribution in [3.63, 3.8) is 0 Å². The molecule has 0 fully saturated rings. The summed E-state index contributed by atoms with van der Waals surface area (Å²) < 4.78 is 11.9. The van der Waals surface area contributed by atoms with Crippen LogP contribution >= 0.6 is 23.2 Å². The molecule has 0 aliphatic rings. The monoisotopic (exact) mass is 265 g/mol. The van der Waals surface area contributed by atoms with Crippen molar-refractivity contribution in [3.05, 3.63) is 28.2 Å². The highest BCUT2D eigenvalue weighted by Gasteiger charge is 2.13. The Kier molecular flexibility index (Phi) is 5.06. The summed E-state index contributed by atoms with van der Waals surface area (Å²) in [6, 6.07) is 5.14. The molecule has 84 valence electrons. The second kappa shape index (κ2) is 5.85. The zero-order chi connectivity index (χ0) is 11.4. The molecule has 0 saturated heterocycles. The van der Waals surface area contributed by atoms with Crippen molar-refractivity contribution in [1.82, 2.24) is 0 Å². The van der Waals surface area contributed by atoms with Gasteiger partial charge in [-0.15, -0.1) is 0 Å². The smallest absolute Gasteiger partial charge is 0.0760 e. The minimum atomic E-state index is -1.17. The molecule has 0 aliphatic heterocycles. The first kappa shape index (κ1) is 13.0. The van der Waals surface area contributed by atoms with Gasteiger partial charge in [0.2, 0.25) is 0 Å². The van der Waals surface area contributed by atoms with Crippen molar-refractivity contribution in [2.24, 2.45) is 5.73 Å². The van der Waals surface area contributed by atoms with Gasteiger partial charge in [-0.3, -0.25) is 4.21 Å². The summed E-state index contributed by atoms with van der Waals surface area (Å²) in [5.74, 6) is 0.487. The van der Waals surface area contributed by atoms with Gasteiger partial charge in [0.05, 0.1) is 25.7 Å². The molecule has 0 bridgehead atoms. The summed E-state index contributed by atoms with van der Waals surface area (Å²) in [5, 5.41) is 0.899. The van der Waals surface area contributed by atoms with Gasteiger partial charge in [-0.25, -0.2) is 0 Å². The predicted octanol–water partition coefficient (Wildman–Crippen LogP) is 2.84. The number of hydrogen-bond donors (Lipinski definition) is 1. The molecule has 0 saturated carbocycles. The van der Waals surface area contributed by atoms with Gasteiger partial charge in [0, 0.05) is 11.8 Å². The van der Waals surface area contributed by atoms with E-state index in [1.54, 1.807) is 18.2 Å². The lowest BCUT2D eigenvalue weighted by Crippen LogP contribution is -2.18. The second-order valence-electron chi connectivity index (χ2n) is 3.37. The fraction of sp³-hybridized carbons (Fsp3) is 0.400. The molecule has 0 heterocycles. The Bertz CT molecular complexity index is 348. The predicted molar refractivity (Wildman–Crippen MR) is 66.0 cm³/mol. The van der Waals surface area contributed by atoms with Crippen molar-refractivity contribution < 1.29 is 4.21 Å². The Balaban J connectivity index is 2.82. The fourth-order valence-electron chi connectivity index (χ4n) is 1.10. The molecule has 0 aromatic heterocycles. The highest BCUT2D eigenvalue weighted by Crippen LogP contribution is 2.27. The Labute approximate surface area is 102 Å². The van der Waals surface area contributed by atoms with E-state index in [0.717, 1.165) is 0 Å². The zero-order valence-electron chi connectivity index (χ0n) is 8.37. The van der Waals surface area contributed by atoms with Crippen molar-refractivity contribution in [2.45, 2.75) is 24.3 Å². The van der Waals surface area contributed by atoms with E-state index in [-0.39, 0.29) is 6.04 Å². The lowest BCUT2D eigenvalue weighted by Gasteiger charge is -2.08. The molecule has 1 aromatic carbocycles. The first-order valence-electron chi connectivity index (χ1n) is 4.60. The normalized spacial score (nSPS) is 14.9. The van der Waals surface area contributed by atoms with Gasteiger partial charge < -0.3 is 5.73 Å². The maximum Gasteiger partial charge on any atom is 0.0760 e. The Hall–Kier alpha value is -0.0900. The largest absolute Gasteiger partial charge is 0.328 e. The van der Waals surface area contributed by atoms with Crippen LogP contribution in [0.2, 0.25) is 10.0 Å². The van der Waals surface area contributed by atoms with Crippen LogP contribution in [0.3, 0.4) is 0 Å². The summed E-state index contributed by atoms with van der Waals surface area (Å²) in [6.07, 6.45) is 0.689. The molecular weight excluding hydrogens is 253 g/mol. The number of halogens is 2. The summed E-state index contributed by atoms with van der Waals surface area (Å²) in [6.45, 7) is 1.88. The van der Waals surface area contributed by atoms with Crippen LogP contribution in [0.5, 0.6) is 0 Å². The van der Waals surface area contributed by atoms with Gasteiger partial charge >= 0.3 is 0 Å². The summed E-state index contributed by atoms with van der Waals surface area (Å²) in [5.41, 5.74) is 5.59. The standard InChI is InChI=1S/C10H13Cl2NOS/c1-7(13)5-6-15(14)10-8(11)3-2-4-9(10)12/h2-4,7H,5-6,13H2,1H3. The van der Waals surface area contributed by atoms with Gasteiger partial charge in [-0.1, -0.05) is 29.3 Å². The highest BCUT2D eigenvalue weighted by atomic mass is 35.5. The molecular formula is C10H13Cl2NOS. The van der Waals surface area contributed by atoms with E-state index in [9.17, 15) is 4.21 Å². The van der Waals surface area contributed by atoms with E-state index >= 15 is 0 Å². The quantitative estimate of drug-likeness (QED) is 0.910. The lowest BCUT2D eigenvalue weighted by atomic mass is 10.3. The molecule has 2 nitrogen and oxygen atoms in total. The van der Waals surface area contributed by atoms with Crippen LogP contribution in [0.1, 0.15) is 13.3 Å². The molecule has 5 heteroatoms. The number of benzene rings is 1. The van der Waals surface area contributed by atoms with Gasteiger partial charge in [0.25, 0.3) is 0 Å². The molecule has 0 radical (unpaired) electrons. The maximum atomic E-state index is 11.9. The Morgan fingerprint density at radius 1 is 1.40 bits per heavy atom. The summed E-state index contributed by atoms with van der Waals surface area (Å²) in [7, 11) is -1.17. The van der Waals surface area contributed by atoms with Crippen molar-refractivity contribution >= 4 is 34.0 Å². The molecule has 1 rings (SSSR count). The summed E-state index contributed by atoms with van der Waals surface area (Å²) in [4.78, 5) is 0.515. The van der Waals surface area contributed by atoms with E-state index in [0.29, 0.717) is 27.1 Å². The van der Waals surface area contributed by atoms with E-state index in [2.05, 4.69) is 0 Å². The third kappa shape index (κ3) is 3.76. The summed E-state index contributed by atoms with van der Waals surface area (Å²) >= 11 is 11.9. The van der Waals surface area contributed by atoms with Crippen LogP contribution in [-0.4, -0.2) is 16.0 Å². The second-order valence-corrected chi connectivity index (χ2v) is 5.69. The Morgan fingerprint density at radius 2 is 1.93 bits per heavy atom. The number of nitrogens with two attached hydrogens (primary N) is 1. The molecule has 0 amide bonds. The Morgan fingerprint density at radius 3 is 2.40 bits per heavy atom. The zero-order valence-corrected chi connectivity index (χ0v) is 10.7. The van der Waals surface area contributed by atoms with Crippen molar-refractivity contribution in [2.75, 3.05) is 5.75 Å². The number of rotatable bonds is 4. The topological polar surface area (TPSA) is 43.1 Å². The van der Waals surface area contributed by atoms with Gasteiger partial charge in [-0.2, -0.15) is 0 Å². The minimum absolute atomic E-state index is 0.0372. The molecule has 2 N–H and O–H groups in total. The van der Waals surface area contributed by atoms with Crippen LogP contribution in [0.4, 0.5) is 0 Å². The van der Waals surface area contributed by atoms with Crippen LogP contribution in [0.25, 0.3) is 0 Å². The average molecular weight is 266 g/mol. The van der Waals surface area contributed by atoms with E-state index in [4.69, 9.17) is 28.9 Å². The van der Waals surface area contributed by atoms with E-state index < -0.39 is 10.8 Å². The van der Waals surface area contributed by atoms with Crippen molar-refractivity contribution in [3.8, 4) is 0 Å². The first-order valence-corrected chi connectivity index (χ1v) is 6.68. The van der Waals surface area contributed by atoms with Gasteiger partial charge in [-0.05, 0) is 25.5 Å². The van der Waals surface area contributed by atoms with Crippen LogP contribution in [-0.2, 0) is 10.8 Å². The van der Waals surface area contributed by atoms with Crippen LogP contribution in [0.15, 0.2) is 23.1 Å². The fourth-order valence-corrected chi connectivity index (χ4v) is 3.37. The van der Waals surface area contributed by atoms with Crippen LogP contribution in [0, 0.1) is 0 Å². The van der Waals surface area contributed by atoms with Gasteiger partial charge in [0.15, 0.2) is 0 Å². The molecule has 15 heavy (non-hydrogen) atoms.